The Morgan fingerprint density at radius 1 is 1.33 bits per heavy atom. The Balaban J connectivity index is 2.41. The number of benzene rings is 1. The van der Waals surface area contributed by atoms with Crippen molar-refractivity contribution < 1.29 is 14.4 Å². The first-order chi connectivity index (χ1) is 8.65. The molecule has 1 aliphatic rings. The van der Waals surface area contributed by atoms with Crippen molar-refractivity contribution >= 4 is 23.3 Å². The first-order valence-electron chi connectivity index (χ1n) is 5.57. The van der Waals surface area contributed by atoms with Crippen LogP contribution in [0.1, 0.15) is 10.4 Å². The van der Waals surface area contributed by atoms with Crippen molar-refractivity contribution in [2.24, 2.45) is 5.73 Å². The van der Waals surface area contributed by atoms with E-state index in [1.807, 2.05) is 0 Å². The highest BCUT2D eigenvalue weighted by molar-refractivity contribution is 6.41. The van der Waals surface area contributed by atoms with Crippen molar-refractivity contribution in [2.45, 2.75) is 0 Å². The summed E-state index contributed by atoms with van der Waals surface area (Å²) in [4.78, 5) is 36.1. The molecule has 2 rings (SSSR count). The zero-order valence-electron chi connectivity index (χ0n) is 9.68. The van der Waals surface area contributed by atoms with Gasteiger partial charge < -0.3 is 16.0 Å². The normalized spacial score (nSPS) is 15.5. The molecule has 1 fully saturated rings. The van der Waals surface area contributed by atoms with Crippen molar-refractivity contribution in [3.8, 4) is 0 Å². The molecule has 3 N–H and O–H groups in total. The Morgan fingerprint density at radius 2 is 2.06 bits per heavy atom. The number of nitrogens with zero attached hydrogens (tertiary/aromatic N) is 1. The van der Waals surface area contributed by atoms with Gasteiger partial charge in [-0.1, -0.05) is 12.1 Å². The van der Waals surface area contributed by atoms with Gasteiger partial charge in [0.1, 0.15) is 0 Å². The number of Topliss-reactive ketones (excluding diaryl/α,β-unsaturated/α-hetero) is 1. The fourth-order valence-corrected chi connectivity index (χ4v) is 1.87. The van der Waals surface area contributed by atoms with Gasteiger partial charge in [0.15, 0.2) is 5.78 Å². The molecular formula is C12H13N3O3. The summed E-state index contributed by atoms with van der Waals surface area (Å²) in [6.07, 6.45) is 0. The summed E-state index contributed by atoms with van der Waals surface area (Å²) >= 11 is 0. The molecule has 0 atom stereocenters. The van der Waals surface area contributed by atoms with E-state index in [9.17, 15) is 14.4 Å². The number of piperazine rings is 1. The second-order valence-corrected chi connectivity index (χ2v) is 3.86. The van der Waals surface area contributed by atoms with Crippen LogP contribution < -0.4 is 16.0 Å². The number of nitrogens with two attached hydrogens (primary N) is 1. The third-order valence-corrected chi connectivity index (χ3v) is 2.74. The molecular weight excluding hydrogens is 234 g/mol. The van der Waals surface area contributed by atoms with Gasteiger partial charge in [-0.25, -0.2) is 0 Å². The Kier molecular flexibility index (Phi) is 3.38. The molecule has 0 unspecified atom stereocenters. The van der Waals surface area contributed by atoms with Gasteiger partial charge in [-0.2, -0.15) is 0 Å². The van der Waals surface area contributed by atoms with E-state index in [-0.39, 0.29) is 12.3 Å². The maximum absolute atomic E-state index is 11.8. The number of hydrogen-bond donors (Lipinski definition) is 2. The molecule has 0 aromatic heterocycles. The van der Waals surface area contributed by atoms with Crippen molar-refractivity contribution in [1.29, 1.82) is 0 Å². The van der Waals surface area contributed by atoms with E-state index < -0.39 is 11.8 Å². The van der Waals surface area contributed by atoms with Crippen LogP contribution >= 0.6 is 0 Å². The number of amides is 2. The molecule has 2 amide bonds. The Hall–Kier alpha value is -2.21. The average Bonchev–Trinajstić information content (AvgIpc) is 2.41. The molecule has 0 aliphatic carbocycles. The molecule has 0 bridgehead atoms. The van der Waals surface area contributed by atoms with Crippen molar-refractivity contribution in [3.63, 3.8) is 0 Å². The number of carbonyl (C=O) groups excluding carboxylic acids is 3. The smallest absolute Gasteiger partial charge is 0.316 e. The SMILES string of the molecule is NCC(=O)c1ccccc1N1CCNC(=O)C1=O. The summed E-state index contributed by atoms with van der Waals surface area (Å²) in [6, 6.07) is 6.65. The highest BCUT2D eigenvalue weighted by Crippen LogP contribution is 2.21. The molecule has 6 nitrogen and oxygen atoms in total. The van der Waals surface area contributed by atoms with Gasteiger partial charge in [-0.05, 0) is 12.1 Å². The summed E-state index contributed by atoms with van der Waals surface area (Å²) in [5.41, 5.74) is 6.13. The predicted molar refractivity (Wildman–Crippen MR) is 65.2 cm³/mol. The van der Waals surface area contributed by atoms with Crippen LogP contribution in [0.5, 0.6) is 0 Å². The molecule has 1 heterocycles. The van der Waals surface area contributed by atoms with Crippen LogP contribution in [0.4, 0.5) is 5.69 Å². The quantitative estimate of drug-likeness (QED) is 0.545. The minimum atomic E-state index is -0.656. The highest BCUT2D eigenvalue weighted by atomic mass is 16.2. The monoisotopic (exact) mass is 247 g/mol. The third kappa shape index (κ3) is 2.10. The summed E-state index contributed by atoms with van der Waals surface area (Å²) in [5.74, 6) is -1.57. The number of rotatable bonds is 3. The van der Waals surface area contributed by atoms with E-state index >= 15 is 0 Å². The molecule has 1 aromatic carbocycles. The lowest BCUT2D eigenvalue weighted by atomic mass is 10.1. The molecule has 1 saturated heterocycles. The van der Waals surface area contributed by atoms with Gasteiger partial charge in [0.05, 0.1) is 12.2 Å². The summed E-state index contributed by atoms with van der Waals surface area (Å²) in [6.45, 7) is 0.584. The molecule has 0 saturated carbocycles. The van der Waals surface area contributed by atoms with Crippen molar-refractivity contribution in [2.75, 3.05) is 24.5 Å². The van der Waals surface area contributed by atoms with Gasteiger partial charge in [0, 0.05) is 18.7 Å². The first kappa shape index (κ1) is 12.3. The van der Waals surface area contributed by atoms with E-state index in [0.717, 1.165) is 0 Å². The average molecular weight is 247 g/mol. The number of para-hydroxylation sites is 1. The Labute approximate surface area is 104 Å². The van der Waals surface area contributed by atoms with Gasteiger partial charge in [0.2, 0.25) is 0 Å². The maximum Gasteiger partial charge on any atom is 0.316 e. The van der Waals surface area contributed by atoms with E-state index in [4.69, 9.17) is 5.73 Å². The Morgan fingerprint density at radius 3 is 2.78 bits per heavy atom. The topological polar surface area (TPSA) is 92.5 Å². The summed E-state index contributed by atoms with van der Waals surface area (Å²) in [5, 5.41) is 2.45. The number of anilines is 1. The molecule has 0 spiro atoms. The lowest BCUT2D eigenvalue weighted by molar-refractivity contribution is -0.138. The number of carbonyl (C=O) groups is 3. The van der Waals surface area contributed by atoms with Crippen LogP contribution in [0.2, 0.25) is 0 Å². The second-order valence-electron chi connectivity index (χ2n) is 3.86. The largest absolute Gasteiger partial charge is 0.346 e. The minimum Gasteiger partial charge on any atom is -0.346 e. The molecule has 0 radical (unpaired) electrons. The zero-order chi connectivity index (χ0) is 13.1. The lowest BCUT2D eigenvalue weighted by Gasteiger charge is -2.27. The van der Waals surface area contributed by atoms with Crippen molar-refractivity contribution in [3.05, 3.63) is 29.8 Å². The van der Waals surface area contributed by atoms with Crippen LogP contribution in [0, 0.1) is 0 Å². The van der Waals surface area contributed by atoms with Crippen LogP contribution in [0.15, 0.2) is 24.3 Å². The second kappa shape index (κ2) is 4.97. The minimum absolute atomic E-state index is 0.134. The molecule has 1 aromatic rings. The molecule has 6 heteroatoms. The molecule has 1 aliphatic heterocycles. The summed E-state index contributed by atoms with van der Waals surface area (Å²) < 4.78 is 0. The molecule has 18 heavy (non-hydrogen) atoms. The van der Waals surface area contributed by atoms with Crippen molar-refractivity contribution in [1.82, 2.24) is 5.32 Å². The van der Waals surface area contributed by atoms with Gasteiger partial charge in [0.25, 0.3) is 0 Å². The van der Waals surface area contributed by atoms with E-state index in [2.05, 4.69) is 5.32 Å². The van der Waals surface area contributed by atoms with Crippen LogP contribution in [-0.4, -0.2) is 37.2 Å². The van der Waals surface area contributed by atoms with Crippen LogP contribution in [-0.2, 0) is 9.59 Å². The fourth-order valence-electron chi connectivity index (χ4n) is 1.87. The van der Waals surface area contributed by atoms with Gasteiger partial charge in [-0.15, -0.1) is 0 Å². The Bertz CT molecular complexity index is 513. The number of ketones is 1. The standard InChI is InChI=1S/C12H13N3O3/c13-7-10(16)8-3-1-2-4-9(8)15-6-5-14-11(17)12(15)18/h1-4H,5-7,13H2,(H,14,17). The first-order valence-corrected chi connectivity index (χ1v) is 5.57. The zero-order valence-corrected chi connectivity index (χ0v) is 9.68. The van der Waals surface area contributed by atoms with Crippen LogP contribution in [0.25, 0.3) is 0 Å². The highest BCUT2D eigenvalue weighted by Gasteiger charge is 2.29. The fraction of sp³-hybridized carbons (Fsp3) is 0.250. The van der Waals surface area contributed by atoms with Gasteiger partial charge >= 0.3 is 11.8 Å². The van der Waals surface area contributed by atoms with E-state index in [1.165, 1.54) is 4.90 Å². The van der Waals surface area contributed by atoms with E-state index in [1.54, 1.807) is 24.3 Å². The number of nitrogens with one attached hydrogen (secondary N) is 1. The van der Waals surface area contributed by atoms with Gasteiger partial charge in [-0.3, -0.25) is 14.4 Å². The predicted octanol–water partition coefficient (Wildman–Crippen LogP) is -0.709. The summed E-state index contributed by atoms with van der Waals surface area (Å²) in [7, 11) is 0. The third-order valence-electron chi connectivity index (χ3n) is 2.74. The van der Waals surface area contributed by atoms with Crippen LogP contribution in [0.3, 0.4) is 0 Å². The lowest BCUT2D eigenvalue weighted by Crippen LogP contribution is -2.52. The van der Waals surface area contributed by atoms with E-state index in [0.29, 0.717) is 24.3 Å². The molecule has 94 valence electrons. The maximum atomic E-state index is 11.8. The number of hydrogen-bond acceptors (Lipinski definition) is 4.